The molecule has 21 heavy (non-hydrogen) atoms. The summed E-state index contributed by atoms with van der Waals surface area (Å²) in [7, 11) is 1.43. The molecule has 1 aromatic carbocycles. The lowest BCUT2D eigenvalue weighted by Gasteiger charge is -2.07. The summed E-state index contributed by atoms with van der Waals surface area (Å²) in [6, 6.07) is 8.35. The minimum atomic E-state index is -0.441. The number of nitrogens with zero attached hydrogens (tertiary/aromatic N) is 2. The van der Waals surface area contributed by atoms with Gasteiger partial charge in [-0.25, -0.2) is 4.39 Å². The number of nitrogens with two attached hydrogens (primary N) is 1. The van der Waals surface area contributed by atoms with Crippen molar-refractivity contribution < 1.29 is 9.13 Å². The van der Waals surface area contributed by atoms with Gasteiger partial charge in [-0.3, -0.25) is 10.1 Å². The van der Waals surface area contributed by atoms with E-state index >= 15 is 0 Å². The number of halogens is 1. The number of aromatic nitrogens is 3. The predicted octanol–water partition coefficient (Wildman–Crippen LogP) is 2.87. The van der Waals surface area contributed by atoms with Crippen LogP contribution < -0.4 is 10.5 Å². The Morgan fingerprint density at radius 1 is 1.14 bits per heavy atom. The number of anilines is 1. The van der Waals surface area contributed by atoms with Crippen LogP contribution >= 0.6 is 0 Å². The van der Waals surface area contributed by atoms with Gasteiger partial charge in [-0.1, -0.05) is 0 Å². The number of benzene rings is 1. The Bertz CT molecular complexity index is 771. The third-order valence-electron chi connectivity index (χ3n) is 3.20. The molecule has 0 radical (unpaired) electrons. The van der Waals surface area contributed by atoms with Crippen molar-refractivity contribution in [3.63, 3.8) is 0 Å². The lowest BCUT2D eigenvalue weighted by molar-refractivity contribution is 0.386. The van der Waals surface area contributed by atoms with Crippen LogP contribution in [-0.4, -0.2) is 22.3 Å². The lowest BCUT2D eigenvalue weighted by Crippen LogP contribution is -1.91. The van der Waals surface area contributed by atoms with Crippen molar-refractivity contribution in [2.24, 2.45) is 0 Å². The topological polar surface area (TPSA) is 76.8 Å². The van der Waals surface area contributed by atoms with Crippen molar-refractivity contribution in [1.82, 2.24) is 15.2 Å². The van der Waals surface area contributed by atoms with E-state index in [0.717, 1.165) is 11.1 Å². The number of nitrogen functional groups attached to an aromatic ring is 1. The molecule has 106 valence electrons. The first-order valence-electron chi connectivity index (χ1n) is 6.29. The highest BCUT2D eigenvalue weighted by atomic mass is 19.1. The zero-order valence-electron chi connectivity index (χ0n) is 11.3. The van der Waals surface area contributed by atoms with E-state index in [9.17, 15) is 4.39 Å². The van der Waals surface area contributed by atoms with Crippen LogP contribution in [0.2, 0.25) is 0 Å². The second-order valence-electron chi connectivity index (χ2n) is 4.44. The molecule has 3 aromatic rings. The van der Waals surface area contributed by atoms with E-state index in [0.29, 0.717) is 17.1 Å². The van der Waals surface area contributed by atoms with Gasteiger partial charge in [-0.2, -0.15) is 5.10 Å². The lowest BCUT2D eigenvalue weighted by atomic mass is 10.0. The van der Waals surface area contributed by atoms with Crippen molar-refractivity contribution >= 4 is 5.82 Å². The fraction of sp³-hybridized carbons (Fsp3) is 0.0667. The highest BCUT2D eigenvalue weighted by Crippen LogP contribution is 2.35. The van der Waals surface area contributed by atoms with E-state index in [-0.39, 0.29) is 5.75 Å². The second-order valence-corrected chi connectivity index (χ2v) is 4.44. The quantitative estimate of drug-likeness (QED) is 0.775. The second kappa shape index (κ2) is 5.24. The summed E-state index contributed by atoms with van der Waals surface area (Å²) in [6.45, 7) is 0. The van der Waals surface area contributed by atoms with Gasteiger partial charge in [0.15, 0.2) is 17.4 Å². The van der Waals surface area contributed by atoms with Gasteiger partial charge in [0.05, 0.1) is 18.4 Å². The number of hydrogen-bond acceptors (Lipinski definition) is 4. The SMILES string of the molecule is COc1ccc(-c2[nH]nc(N)c2-c2ccncc2)cc1F. The number of aromatic amines is 1. The first-order valence-corrected chi connectivity index (χ1v) is 6.29. The Labute approximate surface area is 120 Å². The summed E-state index contributed by atoms with van der Waals surface area (Å²) in [5, 5.41) is 6.87. The summed E-state index contributed by atoms with van der Waals surface area (Å²) >= 11 is 0. The molecule has 0 saturated heterocycles. The molecule has 2 heterocycles. The molecule has 0 unspecified atom stereocenters. The highest BCUT2D eigenvalue weighted by molar-refractivity contribution is 5.87. The molecule has 3 rings (SSSR count). The van der Waals surface area contributed by atoms with E-state index in [4.69, 9.17) is 10.5 Å². The Morgan fingerprint density at radius 2 is 1.90 bits per heavy atom. The molecule has 0 aliphatic rings. The summed E-state index contributed by atoms with van der Waals surface area (Å²) in [5.74, 6) is 0.105. The van der Waals surface area contributed by atoms with Gasteiger partial charge >= 0.3 is 0 Å². The van der Waals surface area contributed by atoms with E-state index in [1.165, 1.54) is 13.2 Å². The van der Waals surface area contributed by atoms with Crippen LogP contribution in [0, 0.1) is 5.82 Å². The number of hydrogen-bond donors (Lipinski definition) is 2. The molecule has 0 spiro atoms. The fourth-order valence-corrected chi connectivity index (χ4v) is 2.20. The molecule has 2 aromatic heterocycles. The van der Waals surface area contributed by atoms with Gasteiger partial charge in [0.2, 0.25) is 0 Å². The summed E-state index contributed by atoms with van der Waals surface area (Å²) in [5.41, 5.74) is 8.81. The number of ether oxygens (including phenoxy) is 1. The summed E-state index contributed by atoms with van der Waals surface area (Å²) < 4.78 is 18.8. The minimum absolute atomic E-state index is 0.191. The highest BCUT2D eigenvalue weighted by Gasteiger charge is 2.16. The first-order chi connectivity index (χ1) is 10.2. The maximum atomic E-state index is 13.9. The van der Waals surface area contributed by atoms with Crippen molar-refractivity contribution in [3.05, 3.63) is 48.5 Å². The average Bonchev–Trinajstić information content (AvgIpc) is 2.90. The van der Waals surface area contributed by atoms with Crippen LogP contribution in [0.3, 0.4) is 0 Å². The van der Waals surface area contributed by atoms with Gasteiger partial charge in [0.1, 0.15) is 0 Å². The third kappa shape index (κ3) is 2.31. The monoisotopic (exact) mass is 284 g/mol. The molecule has 0 amide bonds. The Balaban J connectivity index is 2.14. The van der Waals surface area contributed by atoms with Crippen LogP contribution in [0.5, 0.6) is 5.75 Å². The number of H-pyrrole nitrogens is 1. The van der Waals surface area contributed by atoms with Gasteiger partial charge < -0.3 is 10.5 Å². The predicted molar refractivity (Wildman–Crippen MR) is 78.2 cm³/mol. The number of pyridine rings is 1. The molecular weight excluding hydrogens is 271 g/mol. The van der Waals surface area contributed by atoms with Gasteiger partial charge in [-0.15, -0.1) is 0 Å². The van der Waals surface area contributed by atoms with Crippen molar-refractivity contribution in [2.45, 2.75) is 0 Å². The Hall–Kier alpha value is -2.89. The Kier molecular flexibility index (Phi) is 3.27. The molecule has 0 atom stereocenters. The molecule has 3 N–H and O–H groups in total. The van der Waals surface area contributed by atoms with Crippen molar-refractivity contribution in [2.75, 3.05) is 12.8 Å². The largest absolute Gasteiger partial charge is 0.494 e. The van der Waals surface area contributed by atoms with Crippen LogP contribution in [0.1, 0.15) is 0 Å². The van der Waals surface area contributed by atoms with Crippen LogP contribution in [0.15, 0.2) is 42.7 Å². The molecule has 5 nitrogen and oxygen atoms in total. The van der Waals surface area contributed by atoms with E-state index in [2.05, 4.69) is 15.2 Å². The van der Waals surface area contributed by atoms with Crippen LogP contribution in [0.4, 0.5) is 10.2 Å². The maximum Gasteiger partial charge on any atom is 0.165 e. The molecule has 0 bridgehead atoms. The van der Waals surface area contributed by atoms with Crippen molar-refractivity contribution in [1.29, 1.82) is 0 Å². The molecular formula is C15H13FN4O. The van der Waals surface area contributed by atoms with Crippen LogP contribution in [0.25, 0.3) is 22.4 Å². The average molecular weight is 284 g/mol. The summed E-state index contributed by atoms with van der Waals surface area (Å²) in [4.78, 5) is 3.98. The van der Waals surface area contributed by atoms with E-state index < -0.39 is 5.82 Å². The zero-order valence-corrected chi connectivity index (χ0v) is 11.3. The normalized spacial score (nSPS) is 10.6. The molecule has 6 heteroatoms. The maximum absolute atomic E-state index is 13.9. The number of methoxy groups -OCH3 is 1. The van der Waals surface area contributed by atoms with E-state index in [1.54, 1.807) is 24.5 Å². The third-order valence-corrected chi connectivity index (χ3v) is 3.20. The molecule has 0 aliphatic heterocycles. The minimum Gasteiger partial charge on any atom is -0.494 e. The van der Waals surface area contributed by atoms with Crippen molar-refractivity contribution in [3.8, 4) is 28.1 Å². The van der Waals surface area contributed by atoms with Crippen LogP contribution in [-0.2, 0) is 0 Å². The fourth-order valence-electron chi connectivity index (χ4n) is 2.20. The number of rotatable bonds is 3. The standard InChI is InChI=1S/C15H13FN4O/c1-21-12-3-2-10(8-11(12)16)14-13(15(17)20-19-14)9-4-6-18-7-5-9/h2-8H,1H3,(H3,17,19,20). The Morgan fingerprint density at radius 3 is 2.57 bits per heavy atom. The summed E-state index contributed by atoms with van der Waals surface area (Å²) in [6.07, 6.45) is 3.33. The van der Waals surface area contributed by atoms with Gasteiger partial charge in [0, 0.05) is 18.0 Å². The number of nitrogens with one attached hydrogen (secondary N) is 1. The molecule has 0 aliphatic carbocycles. The first kappa shape index (κ1) is 13.1. The van der Waals surface area contributed by atoms with E-state index in [1.807, 2.05) is 12.1 Å². The van der Waals surface area contributed by atoms with Gasteiger partial charge in [-0.05, 0) is 35.9 Å². The smallest absolute Gasteiger partial charge is 0.165 e. The van der Waals surface area contributed by atoms with Gasteiger partial charge in [0.25, 0.3) is 0 Å². The molecule has 0 saturated carbocycles. The molecule has 0 fully saturated rings. The zero-order chi connectivity index (χ0) is 14.8.